The van der Waals surface area contributed by atoms with Crippen LogP contribution in [0.2, 0.25) is 0 Å². The molecular formula is C15H23N3O3S2. The van der Waals surface area contributed by atoms with E-state index in [0.29, 0.717) is 18.0 Å². The largest absolute Gasteiger partial charge is 0.301 e. The second-order valence-electron chi connectivity index (χ2n) is 6.27. The summed E-state index contributed by atoms with van der Waals surface area (Å²) >= 11 is 1.46. The minimum Gasteiger partial charge on any atom is -0.301 e. The zero-order chi connectivity index (χ0) is 16.4. The van der Waals surface area contributed by atoms with Crippen LogP contribution in [0.1, 0.15) is 43.2 Å². The van der Waals surface area contributed by atoms with Crippen LogP contribution >= 0.6 is 11.3 Å². The van der Waals surface area contributed by atoms with Gasteiger partial charge in [0.05, 0.1) is 10.9 Å². The molecule has 1 aliphatic heterocycles. The molecule has 0 unspecified atom stereocenters. The summed E-state index contributed by atoms with van der Waals surface area (Å²) in [6, 6.07) is 0. The smallest absolute Gasteiger partial charge is 0.241 e. The molecule has 0 saturated heterocycles. The van der Waals surface area contributed by atoms with Crippen LogP contribution in [-0.4, -0.2) is 48.3 Å². The van der Waals surface area contributed by atoms with Gasteiger partial charge in [-0.1, -0.05) is 19.8 Å². The lowest BCUT2D eigenvalue weighted by molar-refractivity contribution is -0.113. The van der Waals surface area contributed by atoms with Crippen LogP contribution in [-0.2, 0) is 27.6 Å². The van der Waals surface area contributed by atoms with Crippen LogP contribution < -0.4 is 5.32 Å². The monoisotopic (exact) mass is 357 g/mol. The van der Waals surface area contributed by atoms with E-state index in [1.165, 1.54) is 16.2 Å². The second-order valence-corrected chi connectivity index (χ2v) is 9.63. The molecule has 0 aromatic carbocycles. The van der Waals surface area contributed by atoms with Crippen molar-refractivity contribution < 1.29 is 13.2 Å². The molecule has 1 aliphatic carbocycles. The number of sulfone groups is 1. The van der Waals surface area contributed by atoms with Gasteiger partial charge in [-0.3, -0.25) is 9.69 Å². The highest BCUT2D eigenvalue weighted by Crippen LogP contribution is 2.29. The minimum atomic E-state index is -3.34. The summed E-state index contributed by atoms with van der Waals surface area (Å²) in [4.78, 5) is 20.0. The molecule has 8 heteroatoms. The maximum atomic E-state index is 12.2. The number of nitrogens with one attached hydrogen (secondary N) is 1. The van der Waals surface area contributed by atoms with Crippen molar-refractivity contribution >= 4 is 32.2 Å². The number of rotatable bonds is 5. The molecule has 6 nitrogen and oxygen atoms in total. The average Bonchev–Trinajstić information content (AvgIpc) is 3.14. The summed E-state index contributed by atoms with van der Waals surface area (Å²) in [6.07, 6.45) is 4.15. The Kier molecular flexibility index (Phi) is 5.03. The molecule has 1 fully saturated rings. The number of carbonyl (C=O) groups excluding carboxylic acids is 1. The van der Waals surface area contributed by atoms with Gasteiger partial charge in [0.2, 0.25) is 5.91 Å². The first-order valence-electron chi connectivity index (χ1n) is 8.20. The van der Waals surface area contributed by atoms with Gasteiger partial charge in [0.15, 0.2) is 15.0 Å². The minimum absolute atomic E-state index is 0.337. The molecule has 23 heavy (non-hydrogen) atoms. The summed E-state index contributed by atoms with van der Waals surface area (Å²) in [6.45, 7) is 4.97. The summed E-state index contributed by atoms with van der Waals surface area (Å²) < 4.78 is 24.5. The van der Waals surface area contributed by atoms with Crippen molar-refractivity contribution in [2.45, 2.75) is 50.8 Å². The molecule has 1 saturated carbocycles. The predicted molar refractivity (Wildman–Crippen MR) is 91.4 cm³/mol. The zero-order valence-electron chi connectivity index (χ0n) is 13.4. The van der Waals surface area contributed by atoms with Gasteiger partial charge < -0.3 is 5.32 Å². The van der Waals surface area contributed by atoms with Crippen molar-refractivity contribution in [3.8, 4) is 0 Å². The molecule has 1 amide bonds. The number of fused-ring (bicyclic) bond motifs is 1. The van der Waals surface area contributed by atoms with Crippen molar-refractivity contribution in [3.63, 3.8) is 0 Å². The molecule has 0 atom stereocenters. The topological polar surface area (TPSA) is 79.4 Å². The first-order valence-corrected chi connectivity index (χ1v) is 10.7. The van der Waals surface area contributed by atoms with E-state index in [4.69, 9.17) is 0 Å². The highest BCUT2D eigenvalue weighted by molar-refractivity contribution is 7.92. The highest BCUT2D eigenvalue weighted by Gasteiger charge is 2.31. The Morgan fingerprint density at radius 2 is 2.13 bits per heavy atom. The lowest BCUT2D eigenvalue weighted by Gasteiger charge is -2.23. The number of aromatic nitrogens is 1. The van der Waals surface area contributed by atoms with Crippen molar-refractivity contribution in [1.29, 1.82) is 0 Å². The van der Waals surface area contributed by atoms with Crippen molar-refractivity contribution in [2.75, 3.05) is 24.2 Å². The molecule has 1 aromatic rings. The molecular weight excluding hydrogens is 334 g/mol. The van der Waals surface area contributed by atoms with Gasteiger partial charge in [0, 0.05) is 24.4 Å². The van der Waals surface area contributed by atoms with Crippen LogP contribution in [0, 0.1) is 0 Å². The fraction of sp³-hybridized carbons (Fsp3) is 0.733. The Morgan fingerprint density at radius 1 is 1.39 bits per heavy atom. The van der Waals surface area contributed by atoms with Gasteiger partial charge >= 0.3 is 0 Å². The van der Waals surface area contributed by atoms with Crippen LogP contribution in [0.15, 0.2) is 0 Å². The Morgan fingerprint density at radius 3 is 2.83 bits per heavy atom. The van der Waals surface area contributed by atoms with Gasteiger partial charge in [-0.05, 0) is 19.4 Å². The summed E-state index contributed by atoms with van der Waals surface area (Å²) in [5, 5.41) is 2.87. The predicted octanol–water partition coefficient (Wildman–Crippen LogP) is 1.82. The first kappa shape index (κ1) is 16.9. The first-order chi connectivity index (χ1) is 11.0. The number of likely N-dealkylation sites (N-methyl/N-ethyl adjacent to an activating group) is 1. The summed E-state index contributed by atoms with van der Waals surface area (Å²) in [5.74, 6) is -0.890. The van der Waals surface area contributed by atoms with Gasteiger partial charge in [-0.2, -0.15) is 0 Å². The van der Waals surface area contributed by atoms with Crippen LogP contribution in [0.4, 0.5) is 5.13 Å². The molecule has 1 N–H and O–H groups in total. The number of carbonyl (C=O) groups is 1. The van der Waals surface area contributed by atoms with Gasteiger partial charge in [-0.15, -0.1) is 11.3 Å². The molecule has 2 heterocycles. The van der Waals surface area contributed by atoms with Crippen molar-refractivity contribution in [1.82, 2.24) is 9.88 Å². The van der Waals surface area contributed by atoms with Crippen LogP contribution in [0.3, 0.4) is 0 Å². The molecule has 0 spiro atoms. The molecule has 2 aliphatic rings. The summed E-state index contributed by atoms with van der Waals surface area (Å²) in [5.41, 5.74) is 1.04. The standard InChI is InChI=1S/C15H23N3O3S2/c1-2-18-8-7-12-13(9-18)22-15(16-12)17-14(19)10-23(20,21)11-5-3-4-6-11/h11H,2-10H2,1H3,(H,16,17,19). The molecule has 1 aromatic heterocycles. The number of anilines is 1. The number of thiazole rings is 1. The third-order valence-corrected chi connectivity index (χ3v) is 7.80. The molecule has 3 rings (SSSR count). The third-order valence-electron chi connectivity index (χ3n) is 4.65. The number of nitrogens with zero attached hydrogens (tertiary/aromatic N) is 2. The fourth-order valence-corrected chi connectivity index (χ4v) is 6.07. The van der Waals surface area contributed by atoms with Gasteiger partial charge in [0.25, 0.3) is 0 Å². The van der Waals surface area contributed by atoms with Gasteiger partial charge in [0.1, 0.15) is 5.75 Å². The Hall–Kier alpha value is -0.990. The van der Waals surface area contributed by atoms with E-state index >= 15 is 0 Å². The van der Waals surface area contributed by atoms with E-state index < -0.39 is 21.5 Å². The highest BCUT2D eigenvalue weighted by atomic mass is 32.2. The average molecular weight is 358 g/mol. The fourth-order valence-electron chi connectivity index (χ4n) is 3.28. The maximum absolute atomic E-state index is 12.2. The van der Waals surface area contributed by atoms with E-state index in [1.54, 1.807) is 0 Å². The SMILES string of the molecule is CCN1CCc2nc(NC(=O)CS(=O)(=O)C3CCCC3)sc2C1. The maximum Gasteiger partial charge on any atom is 0.241 e. The quantitative estimate of drug-likeness (QED) is 0.869. The van der Waals surface area contributed by atoms with E-state index in [-0.39, 0.29) is 5.25 Å². The van der Waals surface area contributed by atoms with E-state index in [9.17, 15) is 13.2 Å². The Balaban J connectivity index is 1.61. The van der Waals surface area contributed by atoms with E-state index in [2.05, 4.69) is 22.1 Å². The van der Waals surface area contributed by atoms with Gasteiger partial charge in [-0.25, -0.2) is 13.4 Å². The van der Waals surface area contributed by atoms with E-state index in [1.807, 2.05) is 0 Å². The summed E-state index contributed by atoms with van der Waals surface area (Å²) in [7, 11) is -3.34. The lowest BCUT2D eigenvalue weighted by Crippen LogP contribution is -2.29. The molecule has 0 bridgehead atoms. The molecule has 0 radical (unpaired) electrons. The third kappa shape index (κ3) is 3.92. The van der Waals surface area contributed by atoms with Crippen LogP contribution in [0.5, 0.6) is 0 Å². The van der Waals surface area contributed by atoms with Crippen molar-refractivity contribution in [2.24, 2.45) is 0 Å². The Bertz CT molecular complexity index is 678. The van der Waals surface area contributed by atoms with E-state index in [0.717, 1.165) is 44.6 Å². The number of amides is 1. The number of hydrogen-bond donors (Lipinski definition) is 1. The normalized spacial score (nSPS) is 19.7. The Labute approximate surface area is 141 Å². The molecule has 128 valence electrons. The van der Waals surface area contributed by atoms with Crippen molar-refractivity contribution in [3.05, 3.63) is 10.6 Å². The number of hydrogen-bond acceptors (Lipinski definition) is 6. The lowest BCUT2D eigenvalue weighted by atomic mass is 10.2. The zero-order valence-corrected chi connectivity index (χ0v) is 15.0. The van der Waals surface area contributed by atoms with Crippen LogP contribution in [0.25, 0.3) is 0 Å². The second kappa shape index (κ2) is 6.86.